The van der Waals surface area contributed by atoms with Crippen molar-refractivity contribution in [1.82, 2.24) is 0 Å². The fraction of sp³-hybridized carbons (Fsp3) is 0.235. The number of carboxylic acids is 1. The predicted molar refractivity (Wildman–Crippen MR) is 81.4 cm³/mol. The Labute approximate surface area is 119 Å². The van der Waals surface area contributed by atoms with Crippen LogP contribution >= 0.6 is 0 Å². The van der Waals surface area contributed by atoms with Crippen LogP contribution in [0.5, 0.6) is 0 Å². The number of carboxylic acid groups (broad SMARTS) is 1. The first kappa shape index (κ1) is 14.1. The molecule has 0 amide bonds. The fourth-order valence-corrected chi connectivity index (χ4v) is 2.28. The van der Waals surface area contributed by atoms with Gasteiger partial charge in [-0.3, -0.25) is 0 Å². The van der Waals surface area contributed by atoms with E-state index in [0.717, 1.165) is 11.3 Å². The highest BCUT2D eigenvalue weighted by Crippen LogP contribution is 2.24. The monoisotopic (exact) mass is 269 g/mol. The average molecular weight is 269 g/mol. The molecule has 2 rings (SSSR count). The number of aryl methyl sites for hydroxylation is 1. The van der Waals surface area contributed by atoms with Gasteiger partial charge in [-0.25, -0.2) is 4.79 Å². The molecule has 1 atom stereocenters. The van der Waals surface area contributed by atoms with E-state index in [-0.39, 0.29) is 6.04 Å². The Morgan fingerprint density at radius 3 is 2.50 bits per heavy atom. The largest absolute Gasteiger partial charge is 0.478 e. The Morgan fingerprint density at radius 2 is 1.85 bits per heavy atom. The first-order valence-corrected chi connectivity index (χ1v) is 6.65. The summed E-state index contributed by atoms with van der Waals surface area (Å²) in [5.41, 5.74) is 4.36. The lowest BCUT2D eigenvalue weighted by atomic mass is 10.0. The molecule has 0 fully saturated rings. The molecule has 0 aromatic heterocycles. The van der Waals surface area contributed by atoms with Crippen molar-refractivity contribution in [1.29, 1.82) is 0 Å². The molecule has 0 bridgehead atoms. The molecule has 0 aliphatic carbocycles. The summed E-state index contributed by atoms with van der Waals surface area (Å²) in [6, 6.07) is 13.7. The number of nitrogens with one attached hydrogen (secondary N) is 1. The van der Waals surface area contributed by atoms with Crippen LogP contribution < -0.4 is 5.32 Å². The fourth-order valence-electron chi connectivity index (χ4n) is 2.28. The van der Waals surface area contributed by atoms with E-state index in [1.54, 1.807) is 12.1 Å². The maximum absolute atomic E-state index is 11.1. The van der Waals surface area contributed by atoms with E-state index >= 15 is 0 Å². The SMILES string of the molecule is Cc1cccc(C(C)Nc2cccc(C(=O)O)c2C)c1. The second-order valence-corrected chi connectivity index (χ2v) is 5.06. The van der Waals surface area contributed by atoms with Crippen LogP contribution in [0.2, 0.25) is 0 Å². The van der Waals surface area contributed by atoms with E-state index in [2.05, 4.69) is 37.4 Å². The van der Waals surface area contributed by atoms with Crippen LogP contribution in [-0.4, -0.2) is 11.1 Å². The van der Waals surface area contributed by atoms with Crippen molar-refractivity contribution >= 4 is 11.7 Å². The Balaban J connectivity index is 2.26. The van der Waals surface area contributed by atoms with Crippen molar-refractivity contribution < 1.29 is 9.90 Å². The summed E-state index contributed by atoms with van der Waals surface area (Å²) in [6.45, 7) is 5.96. The Hall–Kier alpha value is -2.29. The van der Waals surface area contributed by atoms with Gasteiger partial charge in [0, 0.05) is 11.7 Å². The van der Waals surface area contributed by atoms with Crippen LogP contribution in [-0.2, 0) is 0 Å². The highest BCUT2D eigenvalue weighted by molar-refractivity contribution is 5.91. The van der Waals surface area contributed by atoms with E-state index in [4.69, 9.17) is 5.11 Å². The van der Waals surface area contributed by atoms with Crippen molar-refractivity contribution in [3.63, 3.8) is 0 Å². The zero-order chi connectivity index (χ0) is 14.7. The third kappa shape index (κ3) is 2.99. The lowest BCUT2D eigenvalue weighted by Crippen LogP contribution is -2.10. The van der Waals surface area contributed by atoms with E-state index in [0.29, 0.717) is 5.56 Å². The van der Waals surface area contributed by atoms with Crippen molar-refractivity contribution in [2.45, 2.75) is 26.8 Å². The third-order valence-corrected chi connectivity index (χ3v) is 3.48. The molecule has 0 radical (unpaired) electrons. The zero-order valence-electron chi connectivity index (χ0n) is 12.0. The molecule has 1 unspecified atom stereocenters. The smallest absolute Gasteiger partial charge is 0.336 e. The topological polar surface area (TPSA) is 49.3 Å². The van der Waals surface area contributed by atoms with Crippen molar-refractivity contribution in [2.24, 2.45) is 0 Å². The van der Waals surface area contributed by atoms with Crippen molar-refractivity contribution in [3.05, 3.63) is 64.7 Å². The molecule has 0 aliphatic heterocycles. The van der Waals surface area contributed by atoms with Crippen molar-refractivity contribution in [2.75, 3.05) is 5.32 Å². The molecule has 20 heavy (non-hydrogen) atoms. The van der Waals surface area contributed by atoms with Crippen LogP contribution in [0, 0.1) is 13.8 Å². The number of aromatic carboxylic acids is 1. The minimum atomic E-state index is -0.894. The number of hydrogen-bond donors (Lipinski definition) is 2. The van der Waals surface area contributed by atoms with E-state index in [1.165, 1.54) is 11.1 Å². The quantitative estimate of drug-likeness (QED) is 0.875. The second-order valence-electron chi connectivity index (χ2n) is 5.06. The molecule has 3 heteroatoms. The molecule has 104 valence electrons. The summed E-state index contributed by atoms with van der Waals surface area (Å²) in [5, 5.41) is 12.5. The van der Waals surface area contributed by atoms with E-state index in [1.807, 2.05) is 19.1 Å². The van der Waals surface area contributed by atoms with Crippen LogP contribution in [0.3, 0.4) is 0 Å². The molecule has 0 saturated carbocycles. The normalized spacial score (nSPS) is 11.9. The van der Waals surface area contributed by atoms with Crippen LogP contribution in [0.4, 0.5) is 5.69 Å². The number of carbonyl (C=O) groups is 1. The highest BCUT2D eigenvalue weighted by atomic mass is 16.4. The van der Waals surface area contributed by atoms with Gasteiger partial charge in [0.1, 0.15) is 0 Å². The predicted octanol–water partition coefficient (Wildman–Crippen LogP) is 4.17. The van der Waals surface area contributed by atoms with Crippen molar-refractivity contribution in [3.8, 4) is 0 Å². The molecular formula is C17H19NO2. The zero-order valence-corrected chi connectivity index (χ0v) is 12.0. The van der Waals surface area contributed by atoms with Gasteiger partial charge in [0.05, 0.1) is 5.56 Å². The second kappa shape index (κ2) is 5.78. The van der Waals surface area contributed by atoms with Crippen LogP contribution in [0.25, 0.3) is 0 Å². The summed E-state index contributed by atoms with van der Waals surface area (Å²) < 4.78 is 0. The number of benzene rings is 2. The molecular weight excluding hydrogens is 250 g/mol. The third-order valence-electron chi connectivity index (χ3n) is 3.48. The Morgan fingerprint density at radius 1 is 1.15 bits per heavy atom. The maximum Gasteiger partial charge on any atom is 0.336 e. The maximum atomic E-state index is 11.1. The van der Waals surface area contributed by atoms with Crippen LogP contribution in [0.1, 0.15) is 40.0 Å². The minimum absolute atomic E-state index is 0.123. The van der Waals surface area contributed by atoms with Gasteiger partial charge >= 0.3 is 5.97 Å². The van der Waals surface area contributed by atoms with E-state index < -0.39 is 5.97 Å². The summed E-state index contributed by atoms with van der Waals surface area (Å²) >= 11 is 0. The molecule has 2 aromatic carbocycles. The van der Waals surface area contributed by atoms with Gasteiger partial charge in [-0.2, -0.15) is 0 Å². The molecule has 0 heterocycles. The van der Waals surface area contributed by atoms with Gasteiger partial charge in [-0.1, -0.05) is 35.9 Å². The summed E-state index contributed by atoms with van der Waals surface area (Å²) in [7, 11) is 0. The van der Waals surface area contributed by atoms with E-state index in [9.17, 15) is 4.79 Å². The van der Waals surface area contributed by atoms with Gasteiger partial charge in [-0.05, 0) is 44.0 Å². The molecule has 0 saturated heterocycles. The molecule has 2 N–H and O–H groups in total. The standard InChI is InChI=1S/C17H19NO2/c1-11-6-4-7-14(10-11)13(3)18-16-9-5-8-15(12(16)2)17(19)20/h4-10,13,18H,1-3H3,(H,19,20). The molecule has 0 spiro atoms. The summed E-state index contributed by atoms with van der Waals surface area (Å²) in [6.07, 6.45) is 0. The molecule has 3 nitrogen and oxygen atoms in total. The Kier molecular flexibility index (Phi) is 4.08. The summed E-state index contributed by atoms with van der Waals surface area (Å²) in [5.74, 6) is -0.894. The van der Waals surface area contributed by atoms with Gasteiger partial charge in [-0.15, -0.1) is 0 Å². The minimum Gasteiger partial charge on any atom is -0.478 e. The van der Waals surface area contributed by atoms with Gasteiger partial charge in [0.2, 0.25) is 0 Å². The Bertz CT molecular complexity index is 635. The lowest BCUT2D eigenvalue weighted by Gasteiger charge is -2.18. The van der Waals surface area contributed by atoms with Gasteiger partial charge in [0.15, 0.2) is 0 Å². The number of rotatable bonds is 4. The number of hydrogen-bond acceptors (Lipinski definition) is 2. The molecule has 0 aliphatic rings. The summed E-state index contributed by atoms with van der Waals surface area (Å²) in [4.78, 5) is 11.1. The molecule has 2 aromatic rings. The first-order valence-electron chi connectivity index (χ1n) is 6.65. The van der Waals surface area contributed by atoms with Gasteiger partial charge in [0.25, 0.3) is 0 Å². The van der Waals surface area contributed by atoms with Crippen LogP contribution in [0.15, 0.2) is 42.5 Å². The van der Waals surface area contributed by atoms with Gasteiger partial charge < -0.3 is 10.4 Å². The number of anilines is 1. The lowest BCUT2D eigenvalue weighted by molar-refractivity contribution is 0.0696. The average Bonchev–Trinajstić information content (AvgIpc) is 2.40. The first-order chi connectivity index (χ1) is 9.49. The highest BCUT2D eigenvalue weighted by Gasteiger charge is 2.12.